The smallest absolute Gasteiger partial charge is 0.161 e. The van der Waals surface area contributed by atoms with Gasteiger partial charge in [0.2, 0.25) is 0 Å². The van der Waals surface area contributed by atoms with Crippen LogP contribution in [0, 0.1) is 6.92 Å². The fourth-order valence-electron chi connectivity index (χ4n) is 3.57. The number of imidazole rings is 2. The monoisotopic (exact) mass is 409 g/mol. The molecule has 150 valence electrons. The Morgan fingerprint density at radius 3 is 2.71 bits per heavy atom. The first kappa shape index (κ1) is 17.3. The fourth-order valence-corrected chi connectivity index (χ4v) is 3.57. The molecule has 0 saturated carbocycles. The molecule has 3 N–H and O–H groups in total. The molecule has 0 spiro atoms. The highest BCUT2D eigenvalue weighted by Gasteiger charge is 2.17. The van der Waals surface area contributed by atoms with Gasteiger partial charge in [0.25, 0.3) is 0 Å². The molecule has 0 amide bonds. The highest BCUT2D eigenvalue weighted by atomic mass is 16.3. The lowest BCUT2D eigenvalue weighted by molar-refractivity contribution is 0.473. The molecule has 10 heteroatoms. The molecule has 0 fully saturated rings. The standard InChI is InChI=1S/C21H15N9O/c1-11-9-30(10-24-11)17-8-23-7-16-18(17)27-21(26-16)20-19-15(28-29-20)3-2-14(25-19)12-4-13(31)6-22-5-12/h2-10,31H,1H3,(H,26,27)(H,28,29). The molecule has 0 bridgehead atoms. The second-order valence-corrected chi connectivity index (χ2v) is 7.16. The molecule has 6 aromatic rings. The molecule has 6 aromatic heterocycles. The number of aryl methyl sites for hydroxylation is 1. The maximum Gasteiger partial charge on any atom is 0.161 e. The van der Waals surface area contributed by atoms with Crippen molar-refractivity contribution in [2.75, 3.05) is 0 Å². The van der Waals surface area contributed by atoms with E-state index in [1.807, 2.05) is 29.8 Å². The average molecular weight is 409 g/mol. The highest BCUT2D eigenvalue weighted by molar-refractivity contribution is 5.92. The number of nitrogens with one attached hydrogen (secondary N) is 2. The van der Waals surface area contributed by atoms with Crippen molar-refractivity contribution in [3.63, 3.8) is 0 Å². The first-order valence-corrected chi connectivity index (χ1v) is 9.50. The first-order valence-electron chi connectivity index (χ1n) is 9.50. The third-order valence-electron chi connectivity index (χ3n) is 5.02. The second-order valence-electron chi connectivity index (χ2n) is 7.16. The Morgan fingerprint density at radius 1 is 0.968 bits per heavy atom. The minimum absolute atomic E-state index is 0.0823. The zero-order chi connectivity index (χ0) is 20.9. The van der Waals surface area contributed by atoms with Crippen molar-refractivity contribution >= 4 is 22.1 Å². The number of pyridine rings is 3. The van der Waals surface area contributed by atoms with Gasteiger partial charge in [-0.05, 0) is 25.1 Å². The number of hydrogen-bond acceptors (Lipinski definition) is 7. The number of nitrogens with zero attached hydrogens (tertiary/aromatic N) is 7. The van der Waals surface area contributed by atoms with Gasteiger partial charge in [-0.25, -0.2) is 15.0 Å². The predicted molar refractivity (Wildman–Crippen MR) is 114 cm³/mol. The first-order chi connectivity index (χ1) is 15.2. The third-order valence-corrected chi connectivity index (χ3v) is 5.02. The summed E-state index contributed by atoms with van der Waals surface area (Å²) in [5.41, 5.74) is 6.67. The minimum atomic E-state index is 0.0823. The lowest BCUT2D eigenvalue weighted by atomic mass is 10.1. The van der Waals surface area contributed by atoms with Crippen LogP contribution in [0.15, 0.2) is 55.5 Å². The summed E-state index contributed by atoms with van der Waals surface area (Å²) in [6.45, 7) is 1.93. The number of H-pyrrole nitrogens is 2. The fraction of sp³-hybridized carbons (Fsp3) is 0.0476. The summed E-state index contributed by atoms with van der Waals surface area (Å²) in [6, 6.07) is 5.36. The Morgan fingerprint density at radius 2 is 1.87 bits per heavy atom. The van der Waals surface area contributed by atoms with Crippen LogP contribution in [0.4, 0.5) is 0 Å². The number of rotatable bonds is 3. The van der Waals surface area contributed by atoms with E-state index < -0.39 is 0 Å². The largest absolute Gasteiger partial charge is 0.506 e. The quantitative estimate of drug-likeness (QED) is 0.409. The molecule has 0 aliphatic carbocycles. The van der Waals surface area contributed by atoms with Crippen molar-refractivity contribution in [1.82, 2.24) is 44.7 Å². The summed E-state index contributed by atoms with van der Waals surface area (Å²) in [7, 11) is 0. The Kier molecular flexibility index (Phi) is 3.60. The molecule has 6 heterocycles. The Hall–Kier alpha value is -4.60. The highest BCUT2D eigenvalue weighted by Crippen LogP contribution is 2.29. The molecule has 0 atom stereocenters. The van der Waals surface area contributed by atoms with Crippen LogP contribution < -0.4 is 0 Å². The zero-order valence-electron chi connectivity index (χ0n) is 16.3. The van der Waals surface area contributed by atoms with E-state index >= 15 is 0 Å². The van der Waals surface area contributed by atoms with Crippen molar-refractivity contribution < 1.29 is 5.11 Å². The number of hydrogen-bond donors (Lipinski definition) is 3. The van der Waals surface area contributed by atoms with E-state index in [0.29, 0.717) is 28.3 Å². The van der Waals surface area contributed by atoms with Crippen molar-refractivity contribution in [1.29, 1.82) is 0 Å². The van der Waals surface area contributed by atoms with Crippen LogP contribution in [0.2, 0.25) is 0 Å². The Bertz CT molecular complexity index is 1580. The van der Waals surface area contributed by atoms with Crippen molar-refractivity contribution in [3.05, 3.63) is 61.2 Å². The molecule has 0 aliphatic heterocycles. The van der Waals surface area contributed by atoms with E-state index in [4.69, 9.17) is 9.97 Å². The number of fused-ring (bicyclic) bond motifs is 2. The lowest BCUT2D eigenvalue weighted by Gasteiger charge is -2.01. The van der Waals surface area contributed by atoms with Crippen molar-refractivity contribution in [3.8, 4) is 34.2 Å². The van der Waals surface area contributed by atoms with Crippen LogP contribution in [0.3, 0.4) is 0 Å². The normalized spacial score (nSPS) is 11.5. The van der Waals surface area contributed by atoms with Gasteiger partial charge < -0.3 is 14.7 Å². The average Bonchev–Trinajstić information content (AvgIpc) is 3.50. The van der Waals surface area contributed by atoms with Gasteiger partial charge in [-0.2, -0.15) is 5.10 Å². The lowest BCUT2D eigenvalue weighted by Crippen LogP contribution is -1.92. The molecule has 0 aliphatic rings. The zero-order valence-corrected chi connectivity index (χ0v) is 16.3. The predicted octanol–water partition coefficient (Wildman–Crippen LogP) is 3.16. The van der Waals surface area contributed by atoms with Gasteiger partial charge in [-0.1, -0.05) is 0 Å². The van der Waals surface area contributed by atoms with E-state index in [1.165, 1.54) is 6.20 Å². The third kappa shape index (κ3) is 2.81. The van der Waals surface area contributed by atoms with E-state index in [1.54, 1.807) is 31.0 Å². The van der Waals surface area contributed by atoms with E-state index in [2.05, 4.69) is 30.1 Å². The van der Waals surface area contributed by atoms with Crippen molar-refractivity contribution in [2.45, 2.75) is 6.92 Å². The van der Waals surface area contributed by atoms with Gasteiger partial charge >= 0.3 is 0 Å². The van der Waals surface area contributed by atoms with Gasteiger partial charge in [-0.15, -0.1) is 0 Å². The van der Waals surface area contributed by atoms with E-state index in [9.17, 15) is 5.11 Å². The summed E-state index contributed by atoms with van der Waals surface area (Å²) < 4.78 is 1.89. The van der Waals surface area contributed by atoms with Gasteiger partial charge in [0.1, 0.15) is 16.8 Å². The molecule has 0 aromatic carbocycles. The number of aromatic amines is 2. The van der Waals surface area contributed by atoms with Crippen molar-refractivity contribution in [2.24, 2.45) is 0 Å². The maximum absolute atomic E-state index is 9.75. The van der Waals surface area contributed by atoms with Crippen LogP contribution in [-0.2, 0) is 0 Å². The Balaban J connectivity index is 1.51. The molecule has 0 unspecified atom stereocenters. The minimum Gasteiger partial charge on any atom is -0.506 e. The number of aromatic hydroxyl groups is 1. The SMILES string of the molecule is Cc1cn(-c2cncc3[nH]c(-c4n[nH]c5ccc(-c6cncc(O)c6)nc45)nc23)cn1. The molecule has 10 nitrogen and oxygen atoms in total. The second kappa shape index (κ2) is 6.46. The van der Waals surface area contributed by atoms with Crippen LogP contribution in [0.25, 0.3) is 50.5 Å². The summed E-state index contributed by atoms with van der Waals surface area (Å²) in [6.07, 6.45) is 10.2. The summed E-state index contributed by atoms with van der Waals surface area (Å²) in [4.78, 5) is 25.5. The Labute approximate surface area is 174 Å². The van der Waals surface area contributed by atoms with Crippen LogP contribution in [0.1, 0.15) is 5.69 Å². The maximum atomic E-state index is 9.75. The van der Waals surface area contributed by atoms with Crippen LogP contribution in [-0.4, -0.2) is 49.8 Å². The molecule has 31 heavy (non-hydrogen) atoms. The summed E-state index contributed by atoms with van der Waals surface area (Å²) in [5.74, 6) is 0.657. The van der Waals surface area contributed by atoms with Crippen LogP contribution in [0.5, 0.6) is 5.75 Å². The summed E-state index contributed by atoms with van der Waals surface area (Å²) in [5, 5.41) is 17.2. The van der Waals surface area contributed by atoms with Gasteiger partial charge in [0, 0.05) is 18.0 Å². The van der Waals surface area contributed by atoms with Gasteiger partial charge in [-0.3, -0.25) is 15.1 Å². The molecular weight excluding hydrogens is 394 g/mol. The molecule has 6 rings (SSSR count). The molecule has 0 radical (unpaired) electrons. The van der Waals surface area contributed by atoms with E-state index in [0.717, 1.165) is 27.9 Å². The molecular formula is C21H15N9O. The van der Waals surface area contributed by atoms with E-state index in [-0.39, 0.29) is 5.75 Å². The topological polar surface area (TPSA) is 134 Å². The molecule has 0 saturated heterocycles. The number of aromatic nitrogens is 9. The van der Waals surface area contributed by atoms with Gasteiger partial charge in [0.15, 0.2) is 11.5 Å². The van der Waals surface area contributed by atoms with Crippen LogP contribution >= 0.6 is 0 Å². The summed E-state index contributed by atoms with van der Waals surface area (Å²) >= 11 is 0. The van der Waals surface area contributed by atoms with Gasteiger partial charge in [0.05, 0.1) is 53.0 Å².